The van der Waals surface area contributed by atoms with Crippen molar-refractivity contribution in [1.82, 2.24) is 0 Å². The van der Waals surface area contributed by atoms with E-state index in [9.17, 15) is 0 Å². The maximum Gasteiger partial charge on any atom is -0.0383 e. The van der Waals surface area contributed by atoms with Crippen LogP contribution in [0.5, 0.6) is 0 Å². The lowest BCUT2D eigenvalue weighted by Gasteiger charge is -2.38. The third-order valence-corrected chi connectivity index (χ3v) is 3.80. The first kappa shape index (κ1) is 7.64. The normalized spacial score (nSPS) is 45.0. The zero-order chi connectivity index (χ0) is 7.68. The lowest BCUT2D eigenvalue weighted by Crippen LogP contribution is -2.26. The van der Waals surface area contributed by atoms with E-state index in [0.29, 0.717) is 0 Å². The first-order chi connectivity index (χ1) is 5.36. The van der Waals surface area contributed by atoms with Crippen LogP contribution in [-0.2, 0) is 0 Å². The smallest absolute Gasteiger partial charge is 0.0383 e. The predicted molar refractivity (Wildman–Crippen MR) is 48.5 cm³/mol. The van der Waals surface area contributed by atoms with Crippen LogP contribution >= 0.6 is 0 Å². The molecule has 0 nitrogen and oxygen atoms in total. The van der Waals surface area contributed by atoms with Crippen LogP contribution in [0.2, 0.25) is 0 Å². The number of hydrogen-bond donors (Lipinski definition) is 0. The molecule has 0 N–H and O–H groups in total. The van der Waals surface area contributed by atoms with Gasteiger partial charge in [-0.2, -0.15) is 0 Å². The van der Waals surface area contributed by atoms with Gasteiger partial charge in [0.1, 0.15) is 0 Å². The van der Waals surface area contributed by atoms with E-state index in [-0.39, 0.29) is 0 Å². The molecule has 0 aromatic rings. The molecule has 2 saturated carbocycles. The van der Waals surface area contributed by atoms with Gasteiger partial charge in [0.05, 0.1) is 0 Å². The summed E-state index contributed by atoms with van der Waals surface area (Å²) in [5.41, 5.74) is 0. The summed E-state index contributed by atoms with van der Waals surface area (Å²) in [5.74, 6) is 3.31. The lowest BCUT2D eigenvalue weighted by atomic mass is 9.68. The van der Waals surface area contributed by atoms with Gasteiger partial charge in [0.2, 0.25) is 0 Å². The Hall–Kier alpha value is 0. The molecule has 2 aliphatic rings. The van der Waals surface area contributed by atoms with Crippen LogP contribution in [0.4, 0.5) is 0 Å². The minimum atomic E-state index is 1.04. The van der Waals surface area contributed by atoms with Crippen molar-refractivity contribution in [2.75, 3.05) is 0 Å². The van der Waals surface area contributed by atoms with Crippen LogP contribution in [0.15, 0.2) is 0 Å². The highest BCUT2D eigenvalue weighted by molar-refractivity contribution is 4.81. The highest BCUT2D eigenvalue weighted by atomic mass is 14.4. The summed E-state index contributed by atoms with van der Waals surface area (Å²) in [4.78, 5) is 0. The van der Waals surface area contributed by atoms with Gasteiger partial charge in [0.15, 0.2) is 0 Å². The molecule has 0 amide bonds. The van der Waals surface area contributed by atoms with E-state index in [0.717, 1.165) is 17.8 Å². The maximum absolute atomic E-state index is 2.44. The van der Waals surface area contributed by atoms with E-state index in [1.165, 1.54) is 19.3 Å². The third-order valence-electron chi connectivity index (χ3n) is 3.80. The standard InChI is InChI=1S/C11H20/c1-9-6-7-10-4-2-3-5-11(10)8-9/h9-11H,2-8H2,1H3/t9-,10-,11+/m0/s1. The molecular weight excluding hydrogens is 132 g/mol. The molecule has 0 bridgehead atoms. The minimum Gasteiger partial charge on any atom is -0.0625 e. The fourth-order valence-electron chi connectivity index (χ4n) is 3.11. The van der Waals surface area contributed by atoms with Gasteiger partial charge in [0.25, 0.3) is 0 Å². The Balaban J connectivity index is 1.93. The van der Waals surface area contributed by atoms with E-state index in [1.807, 2.05) is 0 Å². The molecule has 0 heteroatoms. The van der Waals surface area contributed by atoms with Gasteiger partial charge < -0.3 is 0 Å². The fraction of sp³-hybridized carbons (Fsp3) is 1.00. The Bertz CT molecular complexity index is 128. The first-order valence-electron chi connectivity index (χ1n) is 5.36. The second kappa shape index (κ2) is 3.16. The molecule has 64 valence electrons. The minimum absolute atomic E-state index is 1.04. The van der Waals surface area contributed by atoms with E-state index >= 15 is 0 Å². The van der Waals surface area contributed by atoms with Crippen LogP contribution in [0.1, 0.15) is 51.9 Å². The summed E-state index contributed by atoms with van der Waals surface area (Å²) in [6.45, 7) is 2.44. The quantitative estimate of drug-likeness (QED) is 0.497. The average molecular weight is 152 g/mol. The molecule has 0 aliphatic heterocycles. The summed E-state index contributed by atoms with van der Waals surface area (Å²) in [5, 5.41) is 0. The van der Waals surface area contributed by atoms with Crippen molar-refractivity contribution in [3.8, 4) is 0 Å². The van der Waals surface area contributed by atoms with Crippen LogP contribution in [0.25, 0.3) is 0 Å². The highest BCUT2D eigenvalue weighted by Gasteiger charge is 2.29. The van der Waals surface area contributed by atoms with Crippen LogP contribution in [-0.4, -0.2) is 0 Å². The lowest BCUT2D eigenvalue weighted by molar-refractivity contribution is 0.137. The molecule has 2 fully saturated rings. The number of rotatable bonds is 0. The molecular formula is C11H20. The summed E-state index contributed by atoms with van der Waals surface area (Å²) in [6.07, 6.45) is 10.8. The van der Waals surface area contributed by atoms with Crippen molar-refractivity contribution >= 4 is 0 Å². The average Bonchev–Trinajstić information content (AvgIpc) is 2.04. The van der Waals surface area contributed by atoms with Gasteiger partial charge in [-0.25, -0.2) is 0 Å². The van der Waals surface area contributed by atoms with Crippen LogP contribution in [0, 0.1) is 17.8 Å². The van der Waals surface area contributed by atoms with Gasteiger partial charge in [-0.05, 0) is 30.6 Å². The third kappa shape index (κ3) is 1.60. The SMILES string of the molecule is C[C@H]1CC[C@@H]2CCCC[C@@H]2C1. The molecule has 2 rings (SSSR count). The molecule has 0 saturated heterocycles. The molecule has 11 heavy (non-hydrogen) atoms. The van der Waals surface area contributed by atoms with Crippen molar-refractivity contribution in [2.24, 2.45) is 17.8 Å². The number of fused-ring (bicyclic) bond motifs is 1. The Morgan fingerprint density at radius 1 is 0.818 bits per heavy atom. The summed E-state index contributed by atoms with van der Waals surface area (Å²) < 4.78 is 0. The largest absolute Gasteiger partial charge is 0.0625 e. The van der Waals surface area contributed by atoms with Crippen molar-refractivity contribution in [1.29, 1.82) is 0 Å². The summed E-state index contributed by atoms with van der Waals surface area (Å²) in [7, 11) is 0. The van der Waals surface area contributed by atoms with Gasteiger partial charge in [0, 0.05) is 0 Å². The molecule has 3 atom stereocenters. The molecule has 0 radical (unpaired) electrons. The van der Waals surface area contributed by atoms with E-state index in [4.69, 9.17) is 0 Å². The summed E-state index contributed by atoms with van der Waals surface area (Å²) >= 11 is 0. The van der Waals surface area contributed by atoms with Crippen LogP contribution < -0.4 is 0 Å². The van der Waals surface area contributed by atoms with Gasteiger partial charge >= 0.3 is 0 Å². The summed E-state index contributed by atoms with van der Waals surface area (Å²) in [6, 6.07) is 0. The molecule has 2 aliphatic carbocycles. The molecule has 0 aromatic heterocycles. The highest BCUT2D eigenvalue weighted by Crippen LogP contribution is 2.42. The zero-order valence-electron chi connectivity index (χ0n) is 7.68. The Morgan fingerprint density at radius 2 is 1.55 bits per heavy atom. The molecule has 0 aromatic carbocycles. The van der Waals surface area contributed by atoms with Gasteiger partial charge in [-0.15, -0.1) is 0 Å². The molecule has 0 heterocycles. The Labute approximate surface area is 70.4 Å². The monoisotopic (exact) mass is 152 g/mol. The van der Waals surface area contributed by atoms with Gasteiger partial charge in [-0.1, -0.05) is 39.0 Å². The van der Waals surface area contributed by atoms with Crippen LogP contribution in [0.3, 0.4) is 0 Å². The van der Waals surface area contributed by atoms with Crippen molar-refractivity contribution in [3.63, 3.8) is 0 Å². The Morgan fingerprint density at radius 3 is 2.36 bits per heavy atom. The van der Waals surface area contributed by atoms with Crippen molar-refractivity contribution in [3.05, 3.63) is 0 Å². The fourth-order valence-corrected chi connectivity index (χ4v) is 3.11. The van der Waals surface area contributed by atoms with E-state index in [2.05, 4.69) is 6.92 Å². The second-order valence-corrected chi connectivity index (χ2v) is 4.72. The number of hydrogen-bond acceptors (Lipinski definition) is 0. The van der Waals surface area contributed by atoms with Crippen molar-refractivity contribution < 1.29 is 0 Å². The zero-order valence-corrected chi connectivity index (χ0v) is 7.68. The Kier molecular flexibility index (Phi) is 2.20. The van der Waals surface area contributed by atoms with Gasteiger partial charge in [-0.3, -0.25) is 0 Å². The van der Waals surface area contributed by atoms with E-state index in [1.54, 1.807) is 25.7 Å². The van der Waals surface area contributed by atoms with Crippen molar-refractivity contribution in [2.45, 2.75) is 51.9 Å². The topological polar surface area (TPSA) is 0 Å². The first-order valence-corrected chi connectivity index (χ1v) is 5.36. The molecule has 0 spiro atoms. The van der Waals surface area contributed by atoms with E-state index < -0.39 is 0 Å². The predicted octanol–water partition coefficient (Wildman–Crippen LogP) is 3.61. The maximum atomic E-state index is 2.44. The molecule has 0 unspecified atom stereocenters. The second-order valence-electron chi connectivity index (χ2n) is 4.72.